The number of aromatic nitrogens is 1. The van der Waals surface area contributed by atoms with Gasteiger partial charge in [0.05, 0.1) is 29.9 Å². The minimum Gasteiger partial charge on any atom is -0.495 e. The van der Waals surface area contributed by atoms with Crippen LogP contribution in [0.4, 0.5) is 5.69 Å². The van der Waals surface area contributed by atoms with Crippen LogP contribution in [0.1, 0.15) is 11.5 Å². The minimum absolute atomic E-state index is 0.169. The Morgan fingerprint density at radius 3 is 2.93 bits per heavy atom. The lowest BCUT2D eigenvalue weighted by molar-refractivity contribution is -0.117. The van der Waals surface area contributed by atoms with Gasteiger partial charge in [-0.3, -0.25) is 9.69 Å². The first kappa shape index (κ1) is 19.4. The van der Waals surface area contributed by atoms with Crippen LogP contribution in [0.5, 0.6) is 5.75 Å². The molecule has 0 spiro atoms. The van der Waals surface area contributed by atoms with Crippen LogP contribution < -0.4 is 10.1 Å². The Balaban J connectivity index is 1.62. The van der Waals surface area contributed by atoms with E-state index in [1.165, 1.54) is 0 Å². The molecule has 3 aromatic rings. The van der Waals surface area contributed by atoms with Gasteiger partial charge in [-0.25, -0.2) is 4.98 Å². The van der Waals surface area contributed by atoms with Gasteiger partial charge in [0.1, 0.15) is 11.5 Å². The third-order valence-corrected chi connectivity index (χ3v) is 4.99. The quantitative estimate of drug-likeness (QED) is 0.629. The van der Waals surface area contributed by atoms with Gasteiger partial charge in [-0.05, 0) is 43.6 Å². The summed E-state index contributed by atoms with van der Waals surface area (Å²) < 4.78 is 11.0. The third kappa shape index (κ3) is 4.88. The number of aryl methyl sites for hydroxylation is 1. The fourth-order valence-electron chi connectivity index (χ4n) is 2.60. The molecule has 0 unspecified atom stereocenters. The van der Waals surface area contributed by atoms with Crippen LogP contribution in [-0.4, -0.2) is 36.5 Å². The summed E-state index contributed by atoms with van der Waals surface area (Å²) in [6, 6.07) is 9.01. The monoisotopic (exact) mass is 405 g/mol. The summed E-state index contributed by atoms with van der Waals surface area (Å²) in [7, 11) is 3.40. The van der Waals surface area contributed by atoms with E-state index in [-0.39, 0.29) is 12.5 Å². The van der Waals surface area contributed by atoms with Crippen LogP contribution >= 0.6 is 22.9 Å². The van der Waals surface area contributed by atoms with E-state index in [1.54, 1.807) is 36.6 Å². The number of carbonyl (C=O) groups is 1. The van der Waals surface area contributed by atoms with E-state index in [4.69, 9.17) is 20.8 Å². The van der Waals surface area contributed by atoms with E-state index >= 15 is 0 Å². The number of hydrogen-bond donors (Lipinski definition) is 1. The Bertz CT molecular complexity index is 924. The van der Waals surface area contributed by atoms with Gasteiger partial charge in [-0.1, -0.05) is 17.7 Å². The molecule has 8 heteroatoms. The standard InChI is InChI=1S/C19H20ClN3O3S/c1-12-15(22-19(26-12)17-5-4-8-27-17)10-23(2)11-18(24)21-14-9-13(20)6-7-16(14)25-3/h4-9H,10-11H2,1-3H3,(H,21,24). The minimum atomic E-state index is -0.169. The van der Waals surface area contributed by atoms with Gasteiger partial charge in [0, 0.05) is 11.6 Å². The summed E-state index contributed by atoms with van der Waals surface area (Å²) in [5.41, 5.74) is 1.36. The maximum atomic E-state index is 12.4. The first-order valence-electron chi connectivity index (χ1n) is 8.28. The Morgan fingerprint density at radius 1 is 1.41 bits per heavy atom. The number of halogens is 1. The van der Waals surface area contributed by atoms with Crippen LogP contribution in [-0.2, 0) is 11.3 Å². The number of amides is 1. The maximum absolute atomic E-state index is 12.4. The smallest absolute Gasteiger partial charge is 0.238 e. The molecule has 6 nitrogen and oxygen atoms in total. The molecule has 0 fully saturated rings. The molecule has 0 aliphatic rings. The van der Waals surface area contributed by atoms with Crippen LogP contribution in [0.25, 0.3) is 10.8 Å². The molecule has 2 aromatic heterocycles. The van der Waals surface area contributed by atoms with Gasteiger partial charge in [-0.2, -0.15) is 0 Å². The molecule has 2 heterocycles. The predicted octanol–water partition coefficient (Wildman–Crippen LogP) is 4.44. The number of benzene rings is 1. The van der Waals surface area contributed by atoms with Gasteiger partial charge in [-0.15, -0.1) is 11.3 Å². The first-order valence-corrected chi connectivity index (χ1v) is 9.54. The van der Waals surface area contributed by atoms with Crippen molar-refractivity contribution in [3.8, 4) is 16.5 Å². The molecule has 0 saturated carbocycles. The first-order chi connectivity index (χ1) is 13.0. The van der Waals surface area contributed by atoms with E-state index in [0.717, 1.165) is 16.3 Å². The molecule has 0 radical (unpaired) electrons. The third-order valence-electron chi connectivity index (χ3n) is 3.89. The molecule has 0 atom stereocenters. The van der Waals surface area contributed by atoms with E-state index in [9.17, 15) is 4.79 Å². The SMILES string of the molecule is COc1ccc(Cl)cc1NC(=O)CN(C)Cc1nc(-c2cccs2)oc1C. The number of rotatable bonds is 7. The number of carbonyl (C=O) groups excluding carboxylic acids is 1. The van der Waals surface area contributed by atoms with Crippen molar-refractivity contribution in [3.05, 3.63) is 52.2 Å². The molecule has 3 rings (SSSR count). The van der Waals surface area contributed by atoms with Crippen LogP contribution in [0, 0.1) is 6.92 Å². The Morgan fingerprint density at radius 2 is 2.22 bits per heavy atom. The zero-order chi connectivity index (χ0) is 19.4. The second-order valence-corrected chi connectivity index (χ2v) is 7.45. The van der Waals surface area contributed by atoms with Crippen molar-refractivity contribution >= 4 is 34.5 Å². The molecule has 1 aromatic carbocycles. The fourth-order valence-corrected chi connectivity index (χ4v) is 3.43. The lowest BCUT2D eigenvalue weighted by Gasteiger charge is -2.16. The highest BCUT2D eigenvalue weighted by molar-refractivity contribution is 7.13. The van der Waals surface area contributed by atoms with Crippen molar-refractivity contribution in [2.24, 2.45) is 0 Å². The molecular formula is C19H20ClN3O3S. The molecule has 0 aliphatic heterocycles. The molecule has 0 bridgehead atoms. The van der Waals surface area contributed by atoms with E-state index in [0.29, 0.717) is 28.9 Å². The van der Waals surface area contributed by atoms with Gasteiger partial charge >= 0.3 is 0 Å². The lowest BCUT2D eigenvalue weighted by atomic mass is 10.3. The van der Waals surface area contributed by atoms with E-state index in [1.807, 2.05) is 36.4 Å². The van der Waals surface area contributed by atoms with Crippen molar-refractivity contribution in [3.63, 3.8) is 0 Å². The summed E-state index contributed by atoms with van der Waals surface area (Å²) in [4.78, 5) is 19.8. The van der Waals surface area contributed by atoms with Gasteiger partial charge in [0.25, 0.3) is 0 Å². The van der Waals surface area contributed by atoms with Crippen molar-refractivity contribution in [1.29, 1.82) is 0 Å². The number of thiophene rings is 1. The molecular weight excluding hydrogens is 386 g/mol. The van der Waals surface area contributed by atoms with E-state index in [2.05, 4.69) is 10.3 Å². The van der Waals surface area contributed by atoms with Crippen LogP contribution in [0.3, 0.4) is 0 Å². The number of methoxy groups -OCH3 is 1. The molecule has 1 N–H and O–H groups in total. The van der Waals surface area contributed by atoms with Crippen molar-refractivity contribution in [1.82, 2.24) is 9.88 Å². The van der Waals surface area contributed by atoms with Crippen molar-refractivity contribution in [2.45, 2.75) is 13.5 Å². The van der Waals surface area contributed by atoms with Crippen molar-refractivity contribution in [2.75, 3.05) is 26.0 Å². The molecule has 0 saturated heterocycles. The highest BCUT2D eigenvalue weighted by atomic mass is 35.5. The number of hydrogen-bond acceptors (Lipinski definition) is 6. The second-order valence-electron chi connectivity index (χ2n) is 6.06. The topological polar surface area (TPSA) is 67.6 Å². The van der Waals surface area contributed by atoms with E-state index < -0.39 is 0 Å². The molecule has 1 amide bonds. The fraction of sp³-hybridized carbons (Fsp3) is 0.263. The average molecular weight is 406 g/mol. The highest BCUT2D eigenvalue weighted by Crippen LogP contribution is 2.28. The zero-order valence-electron chi connectivity index (χ0n) is 15.3. The molecule has 0 aliphatic carbocycles. The highest BCUT2D eigenvalue weighted by Gasteiger charge is 2.16. The number of oxazole rings is 1. The van der Waals surface area contributed by atoms with Crippen LogP contribution in [0.15, 0.2) is 40.1 Å². The summed E-state index contributed by atoms with van der Waals surface area (Å²) in [6.45, 7) is 2.57. The number of likely N-dealkylation sites (N-methyl/N-ethyl adjacent to an activating group) is 1. The van der Waals surface area contributed by atoms with Crippen molar-refractivity contribution < 1.29 is 13.9 Å². The average Bonchev–Trinajstić information content (AvgIpc) is 3.25. The molecule has 142 valence electrons. The maximum Gasteiger partial charge on any atom is 0.238 e. The summed E-state index contributed by atoms with van der Waals surface area (Å²) in [6.07, 6.45) is 0. The largest absolute Gasteiger partial charge is 0.495 e. The lowest BCUT2D eigenvalue weighted by Crippen LogP contribution is -2.30. The van der Waals surface area contributed by atoms with Crippen LogP contribution in [0.2, 0.25) is 5.02 Å². The predicted molar refractivity (Wildman–Crippen MR) is 108 cm³/mol. The summed E-state index contributed by atoms with van der Waals surface area (Å²) in [5, 5.41) is 5.34. The number of nitrogens with one attached hydrogen (secondary N) is 1. The number of ether oxygens (including phenoxy) is 1. The Hall–Kier alpha value is -2.35. The second kappa shape index (κ2) is 8.56. The molecule has 27 heavy (non-hydrogen) atoms. The number of anilines is 1. The Labute approximate surface area is 166 Å². The van der Waals surface area contributed by atoms with Gasteiger partial charge in [0.15, 0.2) is 0 Å². The van der Waals surface area contributed by atoms with Gasteiger partial charge in [0.2, 0.25) is 11.8 Å². The van der Waals surface area contributed by atoms with Gasteiger partial charge < -0.3 is 14.5 Å². The zero-order valence-corrected chi connectivity index (χ0v) is 16.9. The normalized spacial score (nSPS) is 11.0. The Kier molecular flexibility index (Phi) is 6.15. The summed E-state index contributed by atoms with van der Waals surface area (Å²) in [5.74, 6) is 1.75. The number of nitrogens with zero attached hydrogens (tertiary/aromatic N) is 2. The summed E-state index contributed by atoms with van der Waals surface area (Å²) >= 11 is 7.57.